The van der Waals surface area contributed by atoms with Gasteiger partial charge in [-0.25, -0.2) is 9.50 Å². The number of benzene rings is 1. The van der Waals surface area contributed by atoms with Gasteiger partial charge in [0.1, 0.15) is 23.9 Å². The van der Waals surface area contributed by atoms with Crippen LogP contribution >= 0.6 is 0 Å². The van der Waals surface area contributed by atoms with E-state index in [1.807, 2.05) is 18.2 Å². The molecule has 2 aliphatic rings. The summed E-state index contributed by atoms with van der Waals surface area (Å²) in [6.07, 6.45) is 4.08. The maximum atomic E-state index is 13.0. The van der Waals surface area contributed by atoms with Crippen LogP contribution in [0.3, 0.4) is 0 Å². The Balaban J connectivity index is 1.51. The van der Waals surface area contributed by atoms with E-state index in [1.165, 1.54) is 6.33 Å². The first-order valence-electron chi connectivity index (χ1n) is 9.44. The van der Waals surface area contributed by atoms with Gasteiger partial charge in [-0.1, -0.05) is 0 Å². The molecule has 4 heterocycles. The number of ether oxygens (including phenoxy) is 2. The van der Waals surface area contributed by atoms with E-state index in [0.29, 0.717) is 18.9 Å². The molecular formula is C20H21N5O3. The predicted octanol–water partition coefficient (Wildman–Crippen LogP) is 2.14. The average Bonchev–Trinajstić information content (AvgIpc) is 3.30. The Labute approximate surface area is 162 Å². The van der Waals surface area contributed by atoms with Gasteiger partial charge in [-0.2, -0.15) is 5.10 Å². The lowest BCUT2D eigenvalue weighted by Crippen LogP contribution is -2.36. The SMILES string of the molecule is CC1Cc2cc(NC(=O)c3ccc4cncnn34)c(N3CCOCC3)cc2O1. The van der Waals surface area contributed by atoms with E-state index in [0.717, 1.165) is 47.7 Å². The van der Waals surface area contributed by atoms with Crippen molar-refractivity contribution >= 4 is 22.8 Å². The summed E-state index contributed by atoms with van der Waals surface area (Å²) in [5.41, 5.74) is 4.10. The van der Waals surface area contributed by atoms with E-state index < -0.39 is 0 Å². The van der Waals surface area contributed by atoms with Gasteiger partial charge in [-0.15, -0.1) is 0 Å². The van der Waals surface area contributed by atoms with E-state index in [9.17, 15) is 4.79 Å². The second kappa shape index (κ2) is 6.79. The van der Waals surface area contributed by atoms with Crippen molar-refractivity contribution in [2.45, 2.75) is 19.4 Å². The molecule has 0 saturated carbocycles. The molecule has 1 amide bonds. The zero-order valence-corrected chi connectivity index (χ0v) is 15.6. The summed E-state index contributed by atoms with van der Waals surface area (Å²) in [4.78, 5) is 19.2. The van der Waals surface area contributed by atoms with Gasteiger partial charge in [0.25, 0.3) is 5.91 Å². The molecule has 1 fully saturated rings. The first kappa shape index (κ1) is 17.0. The first-order chi connectivity index (χ1) is 13.7. The molecule has 5 rings (SSSR count). The highest BCUT2D eigenvalue weighted by atomic mass is 16.5. The van der Waals surface area contributed by atoms with Crippen LogP contribution in [0.4, 0.5) is 11.4 Å². The van der Waals surface area contributed by atoms with Crippen molar-refractivity contribution in [3.8, 4) is 5.75 Å². The maximum Gasteiger partial charge on any atom is 0.274 e. The van der Waals surface area contributed by atoms with Crippen LogP contribution in [0.2, 0.25) is 0 Å². The third-order valence-corrected chi connectivity index (χ3v) is 5.17. The van der Waals surface area contributed by atoms with Gasteiger partial charge >= 0.3 is 0 Å². The van der Waals surface area contributed by atoms with Crippen LogP contribution in [0, 0.1) is 0 Å². The molecule has 8 nitrogen and oxygen atoms in total. The number of carbonyl (C=O) groups excluding carboxylic acids is 1. The van der Waals surface area contributed by atoms with Crippen molar-refractivity contribution in [3.63, 3.8) is 0 Å². The zero-order chi connectivity index (χ0) is 19.1. The van der Waals surface area contributed by atoms with Gasteiger partial charge in [-0.3, -0.25) is 4.79 Å². The Morgan fingerprint density at radius 1 is 1.25 bits per heavy atom. The topological polar surface area (TPSA) is 81.0 Å². The summed E-state index contributed by atoms with van der Waals surface area (Å²) >= 11 is 0. The Hall–Kier alpha value is -3.13. The summed E-state index contributed by atoms with van der Waals surface area (Å²) < 4.78 is 13.0. The van der Waals surface area contributed by atoms with Crippen molar-refractivity contribution in [1.29, 1.82) is 0 Å². The van der Waals surface area contributed by atoms with E-state index in [4.69, 9.17) is 9.47 Å². The lowest BCUT2D eigenvalue weighted by molar-refractivity contribution is 0.102. The molecule has 1 saturated heterocycles. The lowest BCUT2D eigenvalue weighted by atomic mass is 10.1. The number of hydrogen-bond acceptors (Lipinski definition) is 6. The molecule has 1 N–H and O–H groups in total. The third kappa shape index (κ3) is 2.95. The Morgan fingerprint density at radius 2 is 2.11 bits per heavy atom. The van der Waals surface area contributed by atoms with Crippen LogP contribution < -0.4 is 15.0 Å². The van der Waals surface area contributed by atoms with Gasteiger partial charge in [0.2, 0.25) is 0 Å². The van der Waals surface area contributed by atoms with Crippen molar-refractivity contribution in [2.75, 3.05) is 36.5 Å². The van der Waals surface area contributed by atoms with Gasteiger partial charge in [-0.05, 0) is 25.1 Å². The summed E-state index contributed by atoms with van der Waals surface area (Å²) in [5, 5.41) is 7.27. The lowest BCUT2D eigenvalue weighted by Gasteiger charge is -2.31. The summed E-state index contributed by atoms with van der Waals surface area (Å²) in [7, 11) is 0. The first-order valence-corrected chi connectivity index (χ1v) is 9.44. The highest BCUT2D eigenvalue weighted by Crippen LogP contribution is 2.39. The maximum absolute atomic E-state index is 13.0. The second-order valence-corrected chi connectivity index (χ2v) is 7.13. The Morgan fingerprint density at radius 3 is 2.96 bits per heavy atom. The smallest absolute Gasteiger partial charge is 0.274 e. The monoisotopic (exact) mass is 379 g/mol. The number of nitrogens with one attached hydrogen (secondary N) is 1. The fourth-order valence-corrected chi connectivity index (χ4v) is 3.84. The average molecular weight is 379 g/mol. The zero-order valence-electron chi connectivity index (χ0n) is 15.6. The molecule has 0 aliphatic carbocycles. The normalized spacial score (nSPS) is 18.8. The molecule has 3 aromatic rings. The third-order valence-electron chi connectivity index (χ3n) is 5.17. The van der Waals surface area contributed by atoms with Crippen LogP contribution in [0.1, 0.15) is 23.0 Å². The number of fused-ring (bicyclic) bond motifs is 2. The predicted molar refractivity (Wildman–Crippen MR) is 104 cm³/mol. The fourth-order valence-electron chi connectivity index (χ4n) is 3.84. The molecule has 1 atom stereocenters. The van der Waals surface area contributed by atoms with Crippen LogP contribution in [0.25, 0.3) is 5.52 Å². The number of amides is 1. The number of anilines is 2. The van der Waals surface area contributed by atoms with Crippen LogP contribution in [0.15, 0.2) is 36.8 Å². The number of hydrogen-bond donors (Lipinski definition) is 1. The number of rotatable bonds is 3. The highest BCUT2D eigenvalue weighted by molar-refractivity contribution is 6.05. The second-order valence-electron chi connectivity index (χ2n) is 7.13. The number of carbonyl (C=O) groups is 1. The summed E-state index contributed by atoms with van der Waals surface area (Å²) in [6, 6.07) is 7.66. The largest absolute Gasteiger partial charge is 0.490 e. The van der Waals surface area contributed by atoms with Crippen LogP contribution in [-0.2, 0) is 11.2 Å². The molecule has 2 aromatic heterocycles. The van der Waals surface area contributed by atoms with E-state index in [-0.39, 0.29) is 12.0 Å². The number of nitrogens with zero attached hydrogens (tertiary/aromatic N) is 4. The molecule has 1 unspecified atom stereocenters. The van der Waals surface area contributed by atoms with Crippen molar-refractivity contribution in [2.24, 2.45) is 0 Å². The minimum atomic E-state index is -0.208. The molecule has 0 spiro atoms. The Kier molecular flexibility index (Phi) is 4.12. The van der Waals surface area contributed by atoms with Crippen molar-refractivity contribution < 1.29 is 14.3 Å². The van der Waals surface area contributed by atoms with Gasteiger partial charge in [0.05, 0.1) is 36.3 Å². The number of morpholine rings is 1. The van der Waals surface area contributed by atoms with Gasteiger partial charge in [0, 0.05) is 31.1 Å². The highest BCUT2D eigenvalue weighted by Gasteiger charge is 2.25. The molecule has 0 bridgehead atoms. The van der Waals surface area contributed by atoms with Crippen LogP contribution in [-0.4, -0.2) is 52.9 Å². The molecule has 8 heteroatoms. The molecule has 0 radical (unpaired) electrons. The molecular weight excluding hydrogens is 358 g/mol. The van der Waals surface area contributed by atoms with Gasteiger partial charge < -0.3 is 19.7 Å². The van der Waals surface area contributed by atoms with E-state index in [1.54, 1.807) is 16.8 Å². The van der Waals surface area contributed by atoms with Crippen molar-refractivity contribution in [1.82, 2.24) is 14.6 Å². The minimum Gasteiger partial charge on any atom is -0.490 e. The molecule has 1 aromatic carbocycles. The molecule has 144 valence electrons. The Bertz CT molecular complexity index is 1040. The molecule has 2 aliphatic heterocycles. The van der Waals surface area contributed by atoms with Crippen molar-refractivity contribution in [3.05, 3.63) is 48.0 Å². The van der Waals surface area contributed by atoms with Gasteiger partial charge in [0.15, 0.2) is 0 Å². The van der Waals surface area contributed by atoms with Crippen LogP contribution in [0.5, 0.6) is 5.75 Å². The van der Waals surface area contributed by atoms with E-state index >= 15 is 0 Å². The molecule has 28 heavy (non-hydrogen) atoms. The standard InChI is InChI=1S/C20H21N5O3/c1-13-8-14-9-16(18(10-19(14)28-13)24-4-6-27-7-5-24)23-20(26)17-3-2-15-11-21-12-22-25(15)17/h2-3,9-13H,4-8H2,1H3,(H,23,26). The quantitative estimate of drug-likeness (QED) is 0.751. The fraction of sp³-hybridized carbons (Fsp3) is 0.350. The summed E-state index contributed by atoms with van der Waals surface area (Å²) in [5.74, 6) is 0.688. The minimum absolute atomic E-state index is 0.143. The number of aromatic nitrogens is 3. The van der Waals surface area contributed by atoms with E-state index in [2.05, 4.69) is 27.2 Å². The summed E-state index contributed by atoms with van der Waals surface area (Å²) in [6.45, 7) is 4.94.